The molecule has 8 heteroatoms. The van der Waals surface area contributed by atoms with E-state index in [0.717, 1.165) is 5.57 Å². The van der Waals surface area contributed by atoms with Crippen molar-refractivity contribution < 1.29 is 40.0 Å². The average molecular weight is 417 g/mol. The molecule has 168 valence electrons. The standard InChI is InChI=1S/C21H36O8/c1-13(12-22)6-5-9-21(4,15-7-10-20(3,29-26)11-8-15)28-19-18(25)17(24)16(23)14(2)27-19/h6-7,10,14-19,22-26H,5,8-9,11-12H2,1-4H3/b13-6+/t14-,15-,16+,17+,18-,19+,20?,21?/m1/s1. The summed E-state index contributed by atoms with van der Waals surface area (Å²) in [6, 6.07) is 0. The van der Waals surface area contributed by atoms with Crippen LogP contribution in [-0.4, -0.2) is 74.2 Å². The number of aliphatic hydroxyl groups is 4. The van der Waals surface area contributed by atoms with Gasteiger partial charge < -0.3 is 29.9 Å². The Morgan fingerprint density at radius 3 is 2.52 bits per heavy atom. The van der Waals surface area contributed by atoms with Gasteiger partial charge in [0.05, 0.1) is 18.3 Å². The van der Waals surface area contributed by atoms with Gasteiger partial charge in [-0.3, -0.25) is 5.26 Å². The van der Waals surface area contributed by atoms with Crippen LogP contribution in [0.15, 0.2) is 23.8 Å². The van der Waals surface area contributed by atoms with Crippen LogP contribution in [0.3, 0.4) is 0 Å². The molecular weight excluding hydrogens is 380 g/mol. The fourth-order valence-electron chi connectivity index (χ4n) is 3.90. The molecule has 1 aliphatic heterocycles. The lowest BCUT2D eigenvalue weighted by atomic mass is 9.75. The first-order chi connectivity index (χ1) is 13.5. The molecule has 0 bridgehead atoms. The largest absolute Gasteiger partial charge is 0.392 e. The molecule has 0 spiro atoms. The lowest BCUT2D eigenvalue weighted by molar-refractivity contribution is -0.326. The lowest BCUT2D eigenvalue weighted by Crippen LogP contribution is -2.59. The third-order valence-corrected chi connectivity index (χ3v) is 6.20. The number of hydrogen-bond acceptors (Lipinski definition) is 8. The van der Waals surface area contributed by atoms with Crippen molar-refractivity contribution in [3.8, 4) is 0 Å². The Morgan fingerprint density at radius 2 is 1.97 bits per heavy atom. The normalized spacial score (nSPS) is 40.7. The molecule has 1 saturated heterocycles. The molecule has 1 aliphatic carbocycles. The Kier molecular flexibility index (Phi) is 8.41. The fourth-order valence-corrected chi connectivity index (χ4v) is 3.90. The Morgan fingerprint density at radius 1 is 1.28 bits per heavy atom. The van der Waals surface area contributed by atoms with Gasteiger partial charge >= 0.3 is 0 Å². The van der Waals surface area contributed by atoms with Crippen LogP contribution in [0, 0.1) is 5.92 Å². The first kappa shape index (κ1) is 24.4. The van der Waals surface area contributed by atoms with Crippen LogP contribution in [-0.2, 0) is 14.4 Å². The molecular formula is C21H36O8. The molecule has 0 radical (unpaired) electrons. The lowest BCUT2D eigenvalue weighted by Gasteiger charge is -2.46. The zero-order valence-corrected chi connectivity index (χ0v) is 17.7. The molecule has 2 aliphatic rings. The van der Waals surface area contributed by atoms with E-state index in [2.05, 4.69) is 4.89 Å². The zero-order chi connectivity index (χ0) is 21.8. The quantitative estimate of drug-likeness (QED) is 0.229. The summed E-state index contributed by atoms with van der Waals surface area (Å²) in [5.41, 5.74) is -0.651. The summed E-state index contributed by atoms with van der Waals surface area (Å²) < 4.78 is 11.9. The highest BCUT2D eigenvalue weighted by molar-refractivity contribution is 5.11. The van der Waals surface area contributed by atoms with Crippen LogP contribution in [0.4, 0.5) is 0 Å². The summed E-state index contributed by atoms with van der Waals surface area (Å²) in [5.74, 6) is -0.0522. The van der Waals surface area contributed by atoms with Crippen molar-refractivity contribution >= 4 is 0 Å². The minimum Gasteiger partial charge on any atom is -0.392 e. The van der Waals surface area contributed by atoms with Crippen molar-refractivity contribution in [2.75, 3.05) is 6.61 Å². The maximum atomic E-state index is 10.4. The van der Waals surface area contributed by atoms with Gasteiger partial charge in [-0.1, -0.05) is 23.8 Å². The van der Waals surface area contributed by atoms with E-state index in [1.807, 2.05) is 26.0 Å². The van der Waals surface area contributed by atoms with Crippen LogP contribution in [0.5, 0.6) is 0 Å². The Bertz CT molecular complexity index is 593. The van der Waals surface area contributed by atoms with E-state index in [9.17, 15) is 20.4 Å². The molecule has 29 heavy (non-hydrogen) atoms. The number of aliphatic hydroxyl groups excluding tert-OH is 4. The number of rotatable bonds is 8. The Hall–Kier alpha value is -0.840. The van der Waals surface area contributed by atoms with Crippen molar-refractivity contribution in [2.45, 2.75) is 95.3 Å². The molecule has 1 fully saturated rings. The van der Waals surface area contributed by atoms with Crippen molar-refractivity contribution in [2.24, 2.45) is 5.92 Å². The number of ether oxygens (including phenoxy) is 2. The SMILES string of the molecule is C/C(=C\CCC(C)(O[C@@H]1O[C@H](C)[C@H](O)[C@H](O)[C@H]1O)[C@@H]1C=CC(C)(OO)CC1)CO. The minimum absolute atomic E-state index is 0.0147. The van der Waals surface area contributed by atoms with Gasteiger partial charge in [0.2, 0.25) is 0 Å². The highest BCUT2D eigenvalue weighted by atomic mass is 17.1. The van der Waals surface area contributed by atoms with E-state index in [0.29, 0.717) is 25.7 Å². The molecule has 2 rings (SSSR count). The van der Waals surface area contributed by atoms with Gasteiger partial charge in [0.1, 0.15) is 23.9 Å². The second-order valence-corrected chi connectivity index (χ2v) is 8.77. The van der Waals surface area contributed by atoms with Gasteiger partial charge in [-0.15, -0.1) is 0 Å². The van der Waals surface area contributed by atoms with Crippen LogP contribution >= 0.6 is 0 Å². The molecule has 8 nitrogen and oxygen atoms in total. The van der Waals surface area contributed by atoms with Gasteiger partial charge in [-0.05, 0) is 53.4 Å². The predicted octanol–water partition coefficient (Wildman–Crippen LogP) is 1.52. The molecule has 0 aromatic heterocycles. The topological polar surface area (TPSA) is 129 Å². The smallest absolute Gasteiger partial charge is 0.187 e. The molecule has 8 atom stereocenters. The van der Waals surface area contributed by atoms with E-state index >= 15 is 0 Å². The summed E-state index contributed by atoms with van der Waals surface area (Å²) in [5, 5.41) is 48.8. The highest BCUT2D eigenvalue weighted by Crippen LogP contribution is 2.40. The average Bonchev–Trinajstić information content (AvgIpc) is 2.70. The van der Waals surface area contributed by atoms with Crippen molar-refractivity contribution in [1.29, 1.82) is 0 Å². The molecule has 5 N–H and O–H groups in total. The van der Waals surface area contributed by atoms with E-state index in [4.69, 9.17) is 14.7 Å². The highest BCUT2D eigenvalue weighted by Gasteiger charge is 2.47. The maximum Gasteiger partial charge on any atom is 0.187 e. The first-order valence-corrected chi connectivity index (χ1v) is 10.2. The van der Waals surface area contributed by atoms with Crippen molar-refractivity contribution in [1.82, 2.24) is 0 Å². The number of allylic oxidation sites excluding steroid dienone is 1. The van der Waals surface area contributed by atoms with Gasteiger partial charge in [-0.2, -0.15) is 0 Å². The monoisotopic (exact) mass is 416 g/mol. The van der Waals surface area contributed by atoms with Gasteiger partial charge in [0, 0.05) is 5.92 Å². The molecule has 2 unspecified atom stereocenters. The summed E-state index contributed by atoms with van der Waals surface area (Å²) in [7, 11) is 0. The van der Waals surface area contributed by atoms with Gasteiger partial charge in [-0.25, -0.2) is 4.89 Å². The molecule has 0 aromatic carbocycles. The van der Waals surface area contributed by atoms with E-state index in [1.165, 1.54) is 0 Å². The van der Waals surface area contributed by atoms with Crippen molar-refractivity contribution in [3.63, 3.8) is 0 Å². The van der Waals surface area contributed by atoms with Gasteiger partial charge in [0.15, 0.2) is 6.29 Å². The van der Waals surface area contributed by atoms with Crippen LogP contribution in [0.25, 0.3) is 0 Å². The second kappa shape index (κ2) is 9.98. The minimum atomic E-state index is -1.38. The molecule has 0 amide bonds. The van der Waals surface area contributed by atoms with Gasteiger partial charge in [0.25, 0.3) is 0 Å². The fraction of sp³-hybridized carbons (Fsp3) is 0.810. The summed E-state index contributed by atoms with van der Waals surface area (Å²) in [6.45, 7) is 7.16. The Balaban J connectivity index is 2.21. The zero-order valence-electron chi connectivity index (χ0n) is 17.7. The summed E-state index contributed by atoms with van der Waals surface area (Å²) in [6.07, 6.45) is 2.45. The van der Waals surface area contributed by atoms with E-state index in [-0.39, 0.29) is 12.5 Å². The third-order valence-electron chi connectivity index (χ3n) is 6.20. The molecule has 1 heterocycles. The van der Waals surface area contributed by atoms with Crippen LogP contribution in [0.1, 0.15) is 53.4 Å². The summed E-state index contributed by atoms with van der Waals surface area (Å²) >= 11 is 0. The molecule has 0 aromatic rings. The van der Waals surface area contributed by atoms with E-state index in [1.54, 1.807) is 19.9 Å². The molecule has 0 saturated carbocycles. The third kappa shape index (κ3) is 5.86. The summed E-state index contributed by atoms with van der Waals surface area (Å²) in [4.78, 5) is 4.58. The number of hydrogen-bond donors (Lipinski definition) is 5. The second-order valence-electron chi connectivity index (χ2n) is 8.77. The predicted molar refractivity (Wildman–Crippen MR) is 106 cm³/mol. The van der Waals surface area contributed by atoms with E-state index < -0.39 is 41.9 Å². The van der Waals surface area contributed by atoms with Crippen molar-refractivity contribution in [3.05, 3.63) is 23.8 Å². The van der Waals surface area contributed by atoms with Crippen LogP contribution in [0.2, 0.25) is 0 Å². The maximum absolute atomic E-state index is 10.4. The Labute approximate surface area is 172 Å². The first-order valence-electron chi connectivity index (χ1n) is 10.2. The van der Waals surface area contributed by atoms with Crippen LogP contribution < -0.4 is 0 Å².